The zero-order chi connectivity index (χ0) is 42.5. The molecule has 0 spiro atoms. The molecule has 0 aromatic rings. The fourth-order valence-electron chi connectivity index (χ4n) is 6.51. The molecule has 5 N–H and O–H groups in total. The van der Waals surface area contributed by atoms with Crippen molar-refractivity contribution < 1.29 is 102 Å². The number of rotatable bonds is 14. The van der Waals surface area contributed by atoms with E-state index in [0.717, 1.165) is 24.3 Å². The summed E-state index contributed by atoms with van der Waals surface area (Å²) < 4.78 is 53.1. The summed E-state index contributed by atoms with van der Waals surface area (Å²) >= 11 is 0. The second-order valence-corrected chi connectivity index (χ2v) is 13.8. The Morgan fingerprint density at radius 2 is 0.847 bits per heavy atom. The second-order valence-electron chi connectivity index (χ2n) is 13.8. The van der Waals surface area contributed by atoms with Crippen LogP contribution in [0.2, 0.25) is 0 Å². The predicted octanol–water partition coefficient (Wildman–Crippen LogP) is 0.618. The van der Waals surface area contributed by atoms with Gasteiger partial charge < -0.3 is 72.9 Å². The third-order valence-electron chi connectivity index (χ3n) is 9.21. The maximum atomic E-state index is 11.6. The first kappa shape index (κ1) is 48.5. The third-order valence-corrected chi connectivity index (χ3v) is 9.21. The largest absolute Gasteiger partial charge is 0.509 e. The van der Waals surface area contributed by atoms with Gasteiger partial charge in [0.1, 0.15) is 48.1 Å². The molecule has 0 aromatic carbocycles. The van der Waals surface area contributed by atoms with E-state index in [1.165, 1.54) is 0 Å². The van der Waals surface area contributed by atoms with Gasteiger partial charge in [0, 0.05) is 18.1 Å². The molecule has 0 aliphatic carbocycles. The molecule has 21 nitrogen and oxygen atoms in total. The molecule has 0 bridgehead atoms. The van der Waals surface area contributed by atoms with E-state index in [4.69, 9.17) is 67.8 Å². The summed E-state index contributed by atoms with van der Waals surface area (Å²) in [6.45, 7) is 9.91. The quantitative estimate of drug-likeness (QED) is 0.0526. The molecule has 21 heteroatoms. The Kier molecular flexibility index (Phi) is 18.9. The van der Waals surface area contributed by atoms with Gasteiger partial charge >= 0.3 is 35.8 Å². The van der Waals surface area contributed by atoms with E-state index < -0.39 is 90.8 Å². The number of aliphatic carboxylic acids is 2. The van der Waals surface area contributed by atoms with Crippen molar-refractivity contribution in [3.8, 4) is 0 Å². The Bertz CT molecular complexity index is 1570. The lowest BCUT2D eigenvalue weighted by molar-refractivity contribution is -0.156. The van der Waals surface area contributed by atoms with Crippen molar-refractivity contribution in [3.63, 3.8) is 0 Å². The number of carbonyl (C=O) groups excluding carboxylic acids is 4. The standard InChI is InChI=1S/C15H18O9.C11H16O6.C11H14O6.CH4/c1-8(16)2-4-12(19)23-9-6-21-15-10(7-22-14(9)15)24-13(20)5-3-11(17)18;1-6-4-15-11-7(5-16-10(6)11)17-9(14)3-2-8(12)13;1-6(12)2-3-9(14)17-8-5-16-10-7(13)4-15-11(8)10;/h2,4,9-10,14-16H,1,3,5-7H2,(H,17,18);6-7,10-11H,2-5H2,1H3,(H,12,13);2-3,7-8,10-13H,1,4-5H2;1H4/b4-2-;;3-2-;/t9-,10-,14+,15+;6-,7-,10+,11+;7-,8-,10+,11+;/m000./s1. The van der Waals surface area contributed by atoms with Crippen LogP contribution in [0.1, 0.15) is 40.0 Å². The Hall–Kier alpha value is -4.90. The average Bonchev–Trinajstić information content (AvgIpc) is 4.02. The molecule has 0 aromatic heterocycles. The monoisotopic (exact) mass is 844 g/mol. The van der Waals surface area contributed by atoms with Gasteiger partial charge in [0.05, 0.1) is 71.4 Å². The molecule has 6 aliphatic heterocycles. The number of aliphatic hydroxyl groups is 3. The van der Waals surface area contributed by atoms with Crippen LogP contribution in [0.5, 0.6) is 0 Å². The number of aliphatic hydroxyl groups excluding tert-OH is 3. The van der Waals surface area contributed by atoms with Crippen LogP contribution >= 0.6 is 0 Å². The van der Waals surface area contributed by atoms with E-state index in [1.807, 2.05) is 6.92 Å². The molecular formula is C38H52O21. The number of hydrogen-bond acceptors (Lipinski definition) is 19. The molecule has 6 heterocycles. The summed E-state index contributed by atoms with van der Waals surface area (Å²) in [4.78, 5) is 66.6. The number of carbonyl (C=O) groups is 6. The van der Waals surface area contributed by atoms with Gasteiger partial charge in [0.15, 0.2) is 24.4 Å². The number of carboxylic acid groups (broad SMARTS) is 2. The van der Waals surface area contributed by atoms with Crippen molar-refractivity contribution in [2.24, 2.45) is 5.92 Å². The highest BCUT2D eigenvalue weighted by atomic mass is 16.7. The van der Waals surface area contributed by atoms with Crippen LogP contribution in [0.15, 0.2) is 49.0 Å². The minimum atomic E-state index is -1.09. The minimum absolute atomic E-state index is 0. The number of ether oxygens (including phenoxy) is 10. The highest BCUT2D eigenvalue weighted by Gasteiger charge is 2.52. The predicted molar refractivity (Wildman–Crippen MR) is 195 cm³/mol. The molecule has 0 radical (unpaired) electrons. The van der Waals surface area contributed by atoms with Gasteiger partial charge in [-0.15, -0.1) is 0 Å². The highest BCUT2D eigenvalue weighted by Crippen LogP contribution is 2.33. The van der Waals surface area contributed by atoms with E-state index in [9.17, 15) is 33.9 Å². The van der Waals surface area contributed by atoms with Crippen molar-refractivity contribution in [2.45, 2.75) is 107 Å². The van der Waals surface area contributed by atoms with Crippen LogP contribution in [-0.2, 0) is 76.1 Å². The molecule has 6 rings (SSSR count). The molecule has 6 fully saturated rings. The summed E-state index contributed by atoms with van der Waals surface area (Å²) in [7, 11) is 0. The minimum Gasteiger partial charge on any atom is -0.509 e. The number of carboxylic acids is 2. The molecule has 0 unspecified atom stereocenters. The van der Waals surface area contributed by atoms with Gasteiger partial charge in [-0.25, -0.2) is 9.59 Å². The van der Waals surface area contributed by atoms with Crippen molar-refractivity contribution >= 4 is 35.8 Å². The maximum Gasteiger partial charge on any atom is 0.331 e. The number of esters is 4. The summed E-state index contributed by atoms with van der Waals surface area (Å²) in [5.74, 6) is -4.76. The van der Waals surface area contributed by atoms with E-state index in [2.05, 4.69) is 13.2 Å². The number of fused-ring (bicyclic) bond motifs is 3. The van der Waals surface area contributed by atoms with Gasteiger partial charge in [0.25, 0.3) is 0 Å². The highest BCUT2D eigenvalue weighted by molar-refractivity contribution is 5.83. The fourth-order valence-corrected chi connectivity index (χ4v) is 6.51. The molecule has 59 heavy (non-hydrogen) atoms. The molecule has 0 saturated carbocycles. The van der Waals surface area contributed by atoms with Crippen molar-refractivity contribution in [1.82, 2.24) is 0 Å². The maximum absolute atomic E-state index is 11.6. The van der Waals surface area contributed by atoms with Crippen LogP contribution in [-0.4, -0.2) is 168 Å². The average molecular weight is 845 g/mol. The summed E-state index contributed by atoms with van der Waals surface area (Å²) in [5.41, 5.74) is 0. The summed E-state index contributed by atoms with van der Waals surface area (Å²) in [6.07, 6.45) is -1.68. The molecule has 330 valence electrons. The summed E-state index contributed by atoms with van der Waals surface area (Å²) in [5, 5.41) is 44.1. The van der Waals surface area contributed by atoms with E-state index >= 15 is 0 Å². The first-order valence-electron chi connectivity index (χ1n) is 18.3. The third kappa shape index (κ3) is 14.7. The zero-order valence-corrected chi connectivity index (χ0v) is 31.5. The van der Waals surface area contributed by atoms with Gasteiger partial charge in [-0.2, -0.15) is 0 Å². The van der Waals surface area contributed by atoms with Gasteiger partial charge in [-0.05, 0) is 12.2 Å². The second kappa shape index (κ2) is 23.0. The van der Waals surface area contributed by atoms with Crippen LogP contribution in [0.25, 0.3) is 0 Å². The van der Waals surface area contributed by atoms with E-state index in [-0.39, 0.29) is 83.3 Å². The molecule has 6 aliphatic rings. The zero-order valence-electron chi connectivity index (χ0n) is 31.5. The molecule has 12 atom stereocenters. The van der Waals surface area contributed by atoms with Crippen molar-refractivity contribution in [3.05, 3.63) is 49.0 Å². The molecular weight excluding hydrogens is 792 g/mol. The Balaban J connectivity index is 0.000000240. The smallest absolute Gasteiger partial charge is 0.331 e. The summed E-state index contributed by atoms with van der Waals surface area (Å²) in [6, 6.07) is 0. The first-order valence-corrected chi connectivity index (χ1v) is 18.3. The van der Waals surface area contributed by atoms with Gasteiger partial charge in [0.2, 0.25) is 0 Å². The lowest BCUT2D eigenvalue weighted by Gasteiger charge is -2.16. The van der Waals surface area contributed by atoms with Crippen molar-refractivity contribution in [2.75, 3.05) is 39.6 Å². The number of allylic oxidation sites excluding steroid dienone is 2. The lowest BCUT2D eigenvalue weighted by atomic mass is 10.0. The molecule has 0 amide bonds. The van der Waals surface area contributed by atoms with Crippen molar-refractivity contribution in [1.29, 1.82) is 0 Å². The van der Waals surface area contributed by atoms with Crippen LogP contribution in [0, 0.1) is 5.92 Å². The Morgan fingerprint density at radius 1 is 0.508 bits per heavy atom. The normalized spacial score (nSPS) is 32.2. The Labute approximate surface area is 339 Å². The van der Waals surface area contributed by atoms with Crippen LogP contribution in [0.3, 0.4) is 0 Å². The van der Waals surface area contributed by atoms with Crippen LogP contribution in [0.4, 0.5) is 0 Å². The first-order chi connectivity index (χ1) is 27.5. The van der Waals surface area contributed by atoms with Crippen LogP contribution < -0.4 is 0 Å². The lowest BCUT2D eigenvalue weighted by Crippen LogP contribution is -2.35. The topological polar surface area (TPSA) is 296 Å². The molecule has 6 saturated heterocycles. The van der Waals surface area contributed by atoms with Gasteiger partial charge in [-0.3, -0.25) is 19.2 Å². The van der Waals surface area contributed by atoms with E-state index in [0.29, 0.717) is 19.1 Å². The fraction of sp³-hybridized carbons (Fsp3) is 0.632. The van der Waals surface area contributed by atoms with E-state index in [1.54, 1.807) is 0 Å². The number of hydrogen-bond donors (Lipinski definition) is 5. The van der Waals surface area contributed by atoms with Gasteiger partial charge in [-0.1, -0.05) is 27.5 Å². The SMILES string of the molecule is C.C=C(O)/C=C\C(=O)O[C@H]1CO[C@H]2[C@@H]1OC[C@@H]2O.C=C(O)/C=C\C(=O)O[C@H]1CO[C@H]2[C@@H]1OC[C@@H]2OC(=O)CCC(=O)O.C[C@H]1CO[C@H]2[C@@H]1OC[C@@H]2OC(=O)CCC(=O)O. The Morgan fingerprint density at radius 3 is 1.27 bits per heavy atom.